The van der Waals surface area contributed by atoms with Crippen LogP contribution in [0.5, 0.6) is 0 Å². The molecule has 0 aliphatic carbocycles. The quantitative estimate of drug-likeness (QED) is 0.453. The fourth-order valence-corrected chi connectivity index (χ4v) is 2.66. The van der Waals surface area contributed by atoms with Crippen LogP contribution in [0.4, 0.5) is 42.0 Å². The van der Waals surface area contributed by atoms with E-state index < -0.39 is 68.1 Å². The smallest absolute Gasteiger partial charge is 0.332 e. The molecule has 0 aliphatic heterocycles. The van der Waals surface area contributed by atoms with Crippen molar-refractivity contribution >= 4 is 28.8 Å². The second-order valence-electron chi connectivity index (χ2n) is 5.91. The summed E-state index contributed by atoms with van der Waals surface area (Å²) < 4.78 is 41.5. The van der Waals surface area contributed by atoms with Gasteiger partial charge in [-0.2, -0.15) is 4.98 Å². The van der Waals surface area contributed by atoms with Crippen molar-refractivity contribution < 1.29 is 23.0 Å². The van der Waals surface area contributed by atoms with Gasteiger partial charge < -0.3 is 11.1 Å². The van der Waals surface area contributed by atoms with E-state index in [-0.39, 0.29) is 5.69 Å². The van der Waals surface area contributed by atoms with Crippen molar-refractivity contribution in [3.05, 3.63) is 85.3 Å². The largest absolute Gasteiger partial charge is 0.378 e. The van der Waals surface area contributed by atoms with Crippen molar-refractivity contribution in [3.8, 4) is 0 Å². The van der Waals surface area contributed by atoms with Gasteiger partial charge in [-0.25, -0.2) is 18.2 Å². The highest BCUT2D eigenvalue weighted by Gasteiger charge is 2.26. The number of nitro groups is 2. The first-order valence-corrected chi connectivity index (χ1v) is 8.12. The third-order valence-corrected chi connectivity index (χ3v) is 3.97. The molecule has 0 saturated carbocycles. The van der Waals surface area contributed by atoms with Crippen molar-refractivity contribution in [2.24, 2.45) is 0 Å². The van der Waals surface area contributed by atoms with Crippen LogP contribution in [0, 0.1) is 37.7 Å². The molecule has 0 saturated heterocycles. The second kappa shape index (κ2) is 7.98. The molecule has 10 nitrogen and oxygen atoms in total. The van der Waals surface area contributed by atoms with Gasteiger partial charge in [0, 0.05) is 24.1 Å². The molecular weight excluding hydrogens is 409 g/mol. The highest BCUT2D eigenvalue weighted by atomic mass is 19.1. The summed E-state index contributed by atoms with van der Waals surface area (Å²) in [5.74, 6) is -3.85. The Morgan fingerprint density at radius 2 is 1.67 bits per heavy atom. The Bertz CT molecular complexity index is 1150. The molecule has 13 heteroatoms. The van der Waals surface area contributed by atoms with E-state index in [9.17, 15) is 33.4 Å². The van der Waals surface area contributed by atoms with Crippen LogP contribution >= 0.6 is 0 Å². The van der Waals surface area contributed by atoms with E-state index in [1.807, 2.05) is 0 Å². The van der Waals surface area contributed by atoms with Crippen LogP contribution in [0.25, 0.3) is 0 Å². The maximum absolute atomic E-state index is 14.0. The normalized spacial score (nSPS) is 10.6. The monoisotopic (exact) mass is 420 g/mol. The highest BCUT2D eigenvalue weighted by molar-refractivity contribution is 5.68. The molecule has 0 bridgehead atoms. The Balaban J connectivity index is 2.10. The van der Waals surface area contributed by atoms with E-state index in [0.29, 0.717) is 0 Å². The van der Waals surface area contributed by atoms with Gasteiger partial charge in [-0.1, -0.05) is 6.07 Å². The number of benzene rings is 2. The third kappa shape index (κ3) is 4.09. The molecule has 0 radical (unpaired) electrons. The van der Waals surface area contributed by atoms with Gasteiger partial charge in [0.15, 0.2) is 0 Å². The number of hydrogen-bond acceptors (Lipinski definition) is 8. The summed E-state index contributed by atoms with van der Waals surface area (Å²) in [6.07, 6.45) is -0.651. The van der Waals surface area contributed by atoms with Crippen molar-refractivity contribution in [1.82, 2.24) is 9.97 Å². The number of nitrogen functional groups attached to an aromatic ring is 1. The van der Waals surface area contributed by atoms with Gasteiger partial charge in [0.1, 0.15) is 28.8 Å². The average Bonchev–Trinajstić information content (AvgIpc) is 2.64. The van der Waals surface area contributed by atoms with Crippen LogP contribution in [0.2, 0.25) is 0 Å². The third-order valence-electron chi connectivity index (χ3n) is 3.97. The van der Waals surface area contributed by atoms with Crippen molar-refractivity contribution in [1.29, 1.82) is 0 Å². The van der Waals surface area contributed by atoms with Crippen molar-refractivity contribution in [2.75, 3.05) is 11.1 Å². The molecule has 154 valence electrons. The van der Waals surface area contributed by atoms with Crippen LogP contribution in [0.3, 0.4) is 0 Å². The predicted octanol–water partition coefficient (Wildman–Crippen LogP) is 3.63. The van der Waals surface area contributed by atoms with E-state index in [1.54, 1.807) is 0 Å². The van der Waals surface area contributed by atoms with Crippen LogP contribution in [-0.4, -0.2) is 19.8 Å². The molecule has 0 unspecified atom stereocenters. The lowest BCUT2D eigenvalue weighted by molar-refractivity contribution is -0.385. The van der Waals surface area contributed by atoms with Crippen molar-refractivity contribution in [3.63, 3.8) is 0 Å². The number of nitro benzene ring substituents is 1. The molecule has 0 amide bonds. The lowest BCUT2D eigenvalue weighted by atomic mass is 10.1. The standard InChI is InChI=1S/C17H11F3N6O4/c18-8-4-5-14(25(27)28)12(6-8)22-17-23-13(15(26(29)30)16(21)24-17)7-9-10(19)2-1-3-11(9)20/h1-6H,7H2,(H3,21,22,23,24). The molecule has 0 fully saturated rings. The molecule has 30 heavy (non-hydrogen) atoms. The minimum absolute atomic E-state index is 0.351. The van der Waals surface area contributed by atoms with Crippen LogP contribution in [-0.2, 0) is 6.42 Å². The summed E-state index contributed by atoms with van der Waals surface area (Å²) in [5, 5.41) is 24.8. The lowest BCUT2D eigenvalue weighted by Gasteiger charge is -2.10. The van der Waals surface area contributed by atoms with E-state index in [4.69, 9.17) is 5.73 Å². The Hall–Kier alpha value is -4.29. The summed E-state index contributed by atoms with van der Waals surface area (Å²) >= 11 is 0. The van der Waals surface area contributed by atoms with E-state index in [1.165, 1.54) is 0 Å². The Morgan fingerprint density at radius 3 is 2.27 bits per heavy atom. The van der Waals surface area contributed by atoms with E-state index >= 15 is 0 Å². The van der Waals surface area contributed by atoms with Gasteiger partial charge in [-0.05, 0) is 18.2 Å². The average molecular weight is 420 g/mol. The lowest BCUT2D eigenvalue weighted by Crippen LogP contribution is -2.11. The van der Waals surface area contributed by atoms with Gasteiger partial charge in [0.05, 0.1) is 9.85 Å². The molecule has 2 aromatic carbocycles. The predicted molar refractivity (Wildman–Crippen MR) is 98.6 cm³/mol. The fraction of sp³-hybridized carbons (Fsp3) is 0.0588. The topological polar surface area (TPSA) is 150 Å². The molecule has 3 rings (SSSR count). The molecule has 0 atom stereocenters. The highest BCUT2D eigenvalue weighted by Crippen LogP contribution is 2.31. The molecule has 0 aliphatic rings. The SMILES string of the molecule is Nc1nc(Nc2cc(F)ccc2[N+](=O)[O-])nc(Cc2c(F)cccc2F)c1[N+](=O)[O-]. The van der Waals surface area contributed by atoms with Crippen molar-refractivity contribution in [2.45, 2.75) is 6.42 Å². The number of aromatic nitrogens is 2. The van der Waals surface area contributed by atoms with Crippen LogP contribution in [0.15, 0.2) is 36.4 Å². The fourth-order valence-electron chi connectivity index (χ4n) is 2.66. The van der Waals surface area contributed by atoms with Gasteiger partial charge in [-0.15, -0.1) is 0 Å². The van der Waals surface area contributed by atoms with Gasteiger partial charge in [0.2, 0.25) is 11.8 Å². The first kappa shape index (κ1) is 20.4. The summed E-state index contributed by atoms with van der Waals surface area (Å²) in [5.41, 5.74) is 3.00. The number of nitrogens with one attached hydrogen (secondary N) is 1. The second-order valence-corrected chi connectivity index (χ2v) is 5.91. The minimum Gasteiger partial charge on any atom is -0.378 e. The number of rotatable bonds is 6. The zero-order valence-corrected chi connectivity index (χ0v) is 14.8. The number of halogens is 3. The molecule has 3 N–H and O–H groups in total. The summed E-state index contributed by atoms with van der Waals surface area (Å²) in [4.78, 5) is 28.2. The number of nitrogens with zero attached hydrogens (tertiary/aromatic N) is 4. The zero-order chi connectivity index (χ0) is 22.0. The number of anilines is 3. The van der Waals surface area contributed by atoms with Gasteiger partial charge in [-0.3, -0.25) is 20.2 Å². The van der Waals surface area contributed by atoms with Gasteiger partial charge >= 0.3 is 5.69 Å². The molecular formula is C17H11F3N6O4. The van der Waals surface area contributed by atoms with Gasteiger partial charge in [0.25, 0.3) is 5.69 Å². The van der Waals surface area contributed by atoms with E-state index in [0.717, 1.165) is 36.4 Å². The number of nitrogens with two attached hydrogens (primary N) is 1. The maximum Gasteiger partial charge on any atom is 0.332 e. The minimum atomic E-state index is -0.961. The molecule has 3 aromatic rings. The van der Waals surface area contributed by atoms with E-state index in [2.05, 4.69) is 15.3 Å². The maximum atomic E-state index is 14.0. The first-order chi connectivity index (χ1) is 14.2. The summed E-state index contributed by atoms with van der Waals surface area (Å²) in [7, 11) is 0. The Kier molecular flexibility index (Phi) is 5.44. The molecule has 0 spiro atoms. The van der Waals surface area contributed by atoms with Crippen LogP contribution < -0.4 is 11.1 Å². The summed E-state index contributed by atoms with van der Waals surface area (Å²) in [6, 6.07) is 5.58. The Morgan fingerprint density at radius 1 is 1.00 bits per heavy atom. The zero-order valence-electron chi connectivity index (χ0n) is 14.8. The molecule has 1 aromatic heterocycles. The van der Waals surface area contributed by atoms with Crippen LogP contribution in [0.1, 0.15) is 11.3 Å². The number of hydrogen-bond donors (Lipinski definition) is 2. The Labute approximate surface area is 165 Å². The first-order valence-electron chi connectivity index (χ1n) is 8.12. The summed E-state index contributed by atoms with van der Waals surface area (Å²) in [6.45, 7) is 0. The molecule has 1 heterocycles.